The highest BCUT2D eigenvalue weighted by Crippen LogP contribution is 2.30. The van der Waals surface area contributed by atoms with Gasteiger partial charge in [-0.2, -0.15) is 13.2 Å². The summed E-state index contributed by atoms with van der Waals surface area (Å²) in [5.74, 6) is 1.59. The average Bonchev–Trinajstić information content (AvgIpc) is 3.41. The highest BCUT2D eigenvalue weighted by molar-refractivity contribution is 5.94. The minimum Gasteiger partial charge on any atom is -0.497 e. The molecule has 2 heterocycles. The minimum atomic E-state index is -4.47. The van der Waals surface area contributed by atoms with Crippen LogP contribution in [0.5, 0.6) is 11.5 Å². The standard InChI is InChI=1S/C27H29F3N2O5/c1-34-22-10-7-20(25(14-22)35-2)15-31-11-13-37-24(16-31)18-32(17-23-4-3-12-36-23)26(33)19-5-8-21(9-6-19)27(28,29)30/h3-10,12,14,24H,11,13,15-18H2,1-2H3. The van der Waals surface area contributed by atoms with E-state index >= 15 is 0 Å². The van der Waals surface area contributed by atoms with Crippen LogP contribution in [0.25, 0.3) is 0 Å². The number of furan rings is 1. The Labute approximate surface area is 213 Å². The van der Waals surface area contributed by atoms with Gasteiger partial charge in [0, 0.05) is 43.4 Å². The summed E-state index contributed by atoms with van der Waals surface area (Å²) >= 11 is 0. The molecule has 1 unspecified atom stereocenters. The van der Waals surface area contributed by atoms with E-state index in [-0.39, 0.29) is 24.8 Å². The molecular weight excluding hydrogens is 489 g/mol. The van der Waals surface area contributed by atoms with E-state index in [1.165, 1.54) is 18.4 Å². The van der Waals surface area contributed by atoms with Gasteiger partial charge in [-0.3, -0.25) is 9.69 Å². The Bertz CT molecular complexity index is 1170. The van der Waals surface area contributed by atoms with Gasteiger partial charge in [0.25, 0.3) is 5.91 Å². The van der Waals surface area contributed by atoms with Crippen molar-refractivity contribution >= 4 is 5.91 Å². The first-order chi connectivity index (χ1) is 17.8. The van der Waals surface area contributed by atoms with E-state index in [9.17, 15) is 18.0 Å². The fourth-order valence-electron chi connectivity index (χ4n) is 4.30. The second kappa shape index (κ2) is 11.7. The van der Waals surface area contributed by atoms with Crippen LogP contribution in [0.4, 0.5) is 13.2 Å². The van der Waals surface area contributed by atoms with Gasteiger partial charge in [-0.25, -0.2) is 0 Å². The molecule has 1 aromatic heterocycles. The third-order valence-electron chi connectivity index (χ3n) is 6.21. The normalized spacial score (nSPS) is 16.4. The van der Waals surface area contributed by atoms with E-state index < -0.39 is 17.6 Å². The number of halogens is 3. The summed E-state index contributed by atoms with van der Waals surface area (Å²) in [6.45, 7) is 2.78. The highest BCUT2D eigenvalue weighted by Gasteiger charge is 2.31. The molecule has 198 valence electrons. The molecule has 1 aliphatic rings. The predicted molar refractivity (Wildman–Crippen MR) is 129 cm³/mol. The maximum absolute atomic E-state index is 13.3. The second-order valence-corrected chi connectivity index (χ2v) is 8.75. The van der Waals surface area contributed by atoms with Crippen LogP contribution in [0.2, 0.25) is 0 Å². The van der Waals surface area contributed by atoms with Crippen molar-refractivity contribution in [2.45, 2.75) is 25.4 Å². The lowest BCUT2D eigenvalue weighted by Crippen LogP contribution is -2.48. The number of ether oxygens (including phenoxy) is 3. The summed E-state index contributed by atoms with van der Waals surface area (Å²) in [6.07, 6.45) is -3.26. The van der Waals surface area contributed by atoms with Gasteiger partial charge in [0.15, 0.2) is 0 Å². The number of carbonyl (C=O) groups excluding carboxylic acids is 1. The number of rotatable bonds is 9. The molecule has 0 spiro atoms. The molecule has 2 aromatic carbocycles. The van der Waals surface area contributed by atoms with Gasteiger partial charge in [0.2, 0.25) is 0 Å². The Hall–Kier alpha value is -3.50. The molecule has 4 rings (SSSR count). The van der Waals surface area contributed by atoms with Crippen LogP contribution in [0.1, 0.15) is 27.2 Å². The molecule has 1 aliphatic heterocycles. The molecule has 3 aromatic rings. The Morgan fingerprint density at radius 1 is 1.11 bits per heavy atom. The number of hydrogen-bond acceptors (Lipinski definition) is 6. The quantitative estimate of drug-likeness (QED) is 0.403. The topological polar surface area (TPSA) is 64.4 Å². The van der Waals surface area contributed by atoms with Crippen LogP contribution in [0.3, 0.4) is 0 Å². The summed E-state index contributed by atoms with van der Waals surface area (Å²) in [5, 5.41) is 0. The van der Waals surface area contributed by atoms with E-state index in [0.29, 0.717) is 37.8 Å². The smallest absolute Gasteiger partial charge is 0.416 e. The number of hydrogen-bond donors (Lipinski definition) is 0. The number of amides is 1. The first-order valence-electron chi connectivity index (χ1n) is 11.8. The van der Waals surface area contributed by atoms with E-state index in [2.05, 4.69) is 4.90 Å². The van der Waals surface area contributed by atoms with Gasteiger partial charge < -0.3 is 23.5 Å². The summed E-state index contributed by atoms with van der Waals surface area (Å²) in [6, 6.07) is 13.4. The Morgan fingerprint density at radius 3 is 2.54 bits per heavy atom. The van der Waals surface area contributed by atoms with Gasteiger partial charge in [0.1, 0.15) is 17.3 Å². The van der Waals surface area contributed by atoms with Crippen LogP contribution >= 0.6 is 0 Å². The lowest BCUT2D eigenvalue weighted by molar-refractivity contribution is -0.137. The van der Waals surface area contributed by atoms with Crippen molar-refractivity contribution in [3.05, 3.63) is 83.3 Å². The number of benzene rings is 2. The third kappa shape index (κ3) is 6.84. The maximum Gasteiger partial charge on any atom is 0.416 e. The summed E-state index contributed by atoms with van der Waals surface area (Å²) < 4.78 is 61.1. The molecule has 1 amide bonds. The minimum absolute atomic E-state index is 0.162. The molecule has 0 aliphatic carbocycles. The maximum atomic E-state index is 13.3. The Morgan fingerprint density at radius 2 is 1.89 bits per heavy atom. The van der Waals surface area contributed by atoms with Crippen LogP contribution in [-0.2, 0) is 24.0 Å². The van der Waals surface area contributed by atoms with Crippen molar-refractivity contribution in [3.8, 4) is 11.5 Å². The Kier molecular flexibility index (Phi) is 8.40. The van der Waals surface area contributed by atoms with Crippen molar-refractivity contribution in [3.63, 3.8) is 0 Å². The van der Waals surface area contributed by atoms with Crippen molar-refractivity contribution in [1.29, 1.82) is 0 Å². The second-order valence-electron chi connectivity index (χ2n) is 8.75. The van der Waals surface area contributed by atoms with E-state index in [1.807, 2.05) is 18.2 Å². The largest absolute Gasteiger partial charge is 0.497 e. The van der Waals surface area contributed by atoms with Gasteiger partial charge in [-0.05, 0) is 42.5 Å². The van der Waals surface area contributed by atoms with Gasteiger partial charge >= 0.3 is 6.18 Å². The van der Waals surface area contributed by atoms with Gasteiger partial charge in [0.05, 0.1) is 45.3 Å². The number of alkyl halides is 3. The molecule has 0 radical (unpaired) electrons. The van der Waals surface area contributed by atoms with Crippen molar-refractivity contribution < 1.29 is 36.6 Å². The van der Waals surface area contributed by atoms with Crippen molar-refractivity contribution in [1.82, 2.24) is 9.80 Å². The van der Waals surface area contributed by atoms with Crippen molar-refractivity contribution in [2.75, 3.05) is 40.5 Å². The molecule has 7 nitrogen and oxygen atoms in total. The number of nitrogens with zero attached hydrogens (tertiary/aromatic N) is 2. The van der Waals surface area contributed by atoms with Crippen molar-refractivity contribution in [2.24, 2.45) is 0 Å². The van der Waals surface area contributed by atoms with E-state index in [0.717, 1.165) is 23.4 Å². The first-order valence-corrected chi connectivity index (χ1v) is 11.8. The lowest BCUT2D eigenvalue weighted by atomic mass is 10.1. The molecule has 0 N–H and O–H groups in total. The van der Waals surface area contributed by atoms with Crippen LogP contribution in [-0.4, -0.2) is 62.3 Å². The number of morpholine rings is 1. The van der Waals surface area contributed by atoms with Crippen LogP contribution in [0.15, 0.2) is 65.3 Å². The van der Waals surface area contributed by atoms with Crippen LogP contribution in [0, 0.1) is 0 Å². The monoisotopic (exact) mass is 518 g/mol. The molecule has 1 fully saturated rings. The van der Waals surface area contributed by atoms with Crippen LogP contribution < -0.4 is 9.47 Å². The zero-order valence-corrected chi connectivity index (χ0v) is 20.7. The fourth-order valence-corrected chi connectivity index (χ4v) is 4.30. The zero-order chi connectivity index (χ0) is 26.4. The van der Waals surface area contributed by atoms with E-state index in [1.54, 1.807) is 31.3 Å². The van der Waals surface area contributed by atoms with Gasteiger partial charge in [-0.15, -0.1) is 0 Å². The first kappa shape index (κ1) is 26.6. The average molecular weight is 519 g/mol. The summed E-state index contributed by atoms with van der Waals surface area (Å²) in [7, 11) is 3.21. The molecule has 37 heavy (non-hydrogen) atoms. The van der Waals surface area contributed by atoms with E-state index in [4.69, 9.17) is 18.6 Å². The summed E-state index contributed by atoms with van der Waals surface area (Å²) in [4.78, 5) is 17.1. The molecule has 1 atom stereocenters. The SMILES string of the molecule is COc1ccc(CN2CCOC(CN(Cc3ccco3)C(=O)c3ccc(C(F)(F)F)cc3)C2)c(OC)c1. The Balaban J connectivity index is 1.47. The summed E-state index contributed by atoms with van der Waals surface area (Å²) in [5.41, 5.74) is 0.356. The fraction of sp³-hybridized carbons (Fsp3) is 0.370. The van der Waals surface area contributed by atoms with Gasteiger partial charge in [-0.1, -0.05) is 6.07 Å². The lowest BCUT2D eigenvalue weighted by Gasteiger charge is -2.36. The molecule has 0 bridgehead atoms. The molecule has 1 saturated heterocycles. The number of carbonyl (C=O) groups is 1. The zero-order valence-electron chi connectivity index (χ0n) is 20.7. The molecular formula is C27H29F3N2O5. The number of methoxy groups -OCH3 is 2. The predicted octanol–water partition coefficient (Wildman–Crippen LogP) is 4.86. The molecule has 0 saturated carbocycles. The third-order valence-corrected chi connectivity index (χ3v) is 6.21. The molecule has 10 heteroatoms. The highest BCUT2D eigenvalue weighted by atomic mass is 19.4.